The molecule has 8 heteroatoms. The second kappa shape index (κ2) is 7.97. The SMILES string of the molecule is CN(C)C(=O)c1cccc(S(=O)(=O)N2CCN(c3ccc(Cl)cc3)CC2(C)C)c1. The number of carbonyl (C=O) groups is 1. The molecule has 0 radical (unpaired) electrons. The Morgan fingerprint density at radius 1 is 1.07 bits per heavy atom. The number of piperazine rings is 1. The number of rotatable bonds is 4. The Balaban J connectivity index is 1.87. The zero-order valence-corrected chi connectivity index (χ0v) is 18.7. The smallest absolute Gasteiger partial charge is 0.253 e. The average molecular weight is 436 g/mol. The minimum Gasteiger partial charge on any atom is -0.368 e. The zero-order valence-electron chi connectivity index (χ0n) is 17.1. The van der Waals surface area contributed by atoms with E-state index in [4.69, 9.17) is 11.6 Å². The van der Waals surface area contributed by atoms with E-state index in [0.717, 1.165) is 5.69 Å². The van der Waals surface area contributed by atoms with Crippen LogP contribution in [0.4, 0.5) is 5.69 Å². The first kappa shape index (κ1) is 21.6. The van der Waals surface area contributed by atoms with Gasteiger partial charge in [-0.3, -0.25) is 4.79 Å². The van der Waals surface area contributed by atoms with Crippen molar-refractivity contribution in [3.8, 4) is 0 Å². The molecule has 0 aliphatic carbocycles. The molecular formula is C21H26ClN3O3S. The highest BCUT2D eigenvalue weighted by molar-refractivity contribution is 7.89. The average Bonchev–Trinajstić information content (AvgIpc) is 2.67. The normalized spacial score (nSPS) is 17.2. The summed E-state index contributed by atoms with van der Waals surface area (Å²) < 4.78 is 28.3. The van der Waals surface area contributed by atoms with Gasteiger partial charge in [0.2, 0.25) is 10.0 Å². The van der Waals surface area contributed by atoms with Gasteiger partial charge in [0.05, 0.1) is 4.90 Å². The fourth-order valence-electron chi connectivity index (χ4n) is 3.63. The Kier molecular flexibility index (Phi) is 5.94. The van der Waals surface area contributed by atoms with E-state index < -0.39 is 15.6 Å². The standard InChI is InChI=1S/C21H26ClN3O3S/c1-21(2)15-24(18-10-8-17(22)9-11-18)12-13-25(21)29(27,28)19-7-5-6-16(14-19)20(26)23(3)4/h5-11,14H,12-13,15H2,1-4H3. The summed E-state index contributed by atoms with van der Waals surface area (Å²) in [5.74, 6) is -0.228. The second-order valence-corrected chi connectivity index (χ2v) is 10.3. The maximum atomic E-state index is 13.4. The number of halogens is 1. The number of hydrogen-bond donors (Lipinski definition) is 0. The van der Waals surface area contributed by atoms with Crippen LogP contribution in [0, 0.1) is 0 Å². The van der Waals surface area contributed by atoms with E-state index in [1.54, 1.807) is 32.3 Å². The predicted octanol–water partition coefficient (Wildman–Crippen LogP) is 3.33. The molecule has 2 aromatic rings. The first-order valence-electron chi connectivity index (χ1n) is 9.37. The maximum absolute atomic E-state index is 13.4. The largest absolute Gasteiger partial charge is 0.368 e. The van der Waals surface area contributed by atoms with Gasteiger partial charge in [0.1, 0.15) is 0 Å². The Bertz CT molecular complexity index is 1000. The summed E-state index contributed by atoms with van der Waals surface area (Å²) in [5.41, 5.74) is 0.741. The molecule has 0 atom stereocenters. The summed E-state index contributed by atoms with van der Waals surface area (Å²) in [4.78, 5) is 16.0. The van der Waals surface area contributed by atoms with Crippen molar-refractivity contribution < 1.29 is 13.2 Å². The van der Waals surface area contributed by atoms with Gasteiger partial charge in [0, 0.05) is 55.5 Å². The molecule has 3 rings (SSSR count). The summed E-state index contributed by atoms with van der Waals surface area (Å²) in [6.45, 7) is 5.30. The number of hydrogen-bond acceptors (Lipinski definition) is 4. The molecule has 1 heterocycles. The lowest BCUT2D eigenvalue weighted by Gasteiger charge is -2.46. The summed E-state index contributed by atoms with van der Waals surface area (Å²) in [5, 5.41) is 0.668. The van der Waals surface area contributed by atoms with Crippen LogP contribution in [0.3, 0.4) is 0 Å². The molecular weight excluding hydrogens is 410 g/mol. The van der Waals surface area contributed by atoms with Crippen LogP contribution in [0.2, 0.25) is 5.02 Å². The molecule has 1 amide bonds. The molecule has 1 saturated heterocycles. The van der Waals surface area contributed by atoms with Crippen LogP contribution in [0.1, 0.15) is 24.2 Å². The van der Waals surface area contributed by atoms with Crippen molar-refractivity contribution in [1.29, 1.82) is 0 Å². The van der Waals surface area contributed by atoms with Crippen LogP contribution in [0.15, 0.2) is 53.4 Å². The van der Waals surface area contributed by atoms with Crippen molar-refractivity contribution in [2.45, 2.75) is 24.3 Å². The molecule has 156 valence electrons. The van der Waals surface area contributed by atoms with E-state index in [0.29, 0.717) is 30.2 Å². The van der Waals surface area contributed by atoms with Crippen molar-refractivity contribution in [2.24, 2.45) is 0 Å². The third-order valence-electron chi connectivity index (χ3n) is 5.09. The Labute approximate surface area is 177 Å². The van der Waals surface area contributed by atoms with Crippen LogP contribution in [0.25, 0.3) is 0 Å². The lowest BCUT2D eigenvalue weighted by atomic mass is 10.0. The first-order valence-corrected chi connectivity index (χ1v) is 11.2. The molecule has 0 aromatic heterocycles. The topological polar surface area (TPSA) is 60.9 Å². The van der Waals surface area contributed by atoms with Gasteiger partial charge >= 0.3 is 0 Å². The molecule has 1 aliphatic rings. The summed E-state index contributed by atoms with van der Waals surface area (Å²) in [7, 11) is -0.466. The highest BCUT2D eigenvalue weighted by Gasteiger charge is 2.41. The first-order chi connectivity index (χ1) is 13.5. The molecule has 0 bridgehead atoms. The fraction of sp³-hybridized carbons (Fsp3) is 0.381. The third-order valence-corrected chi connectivity index (χ3v) is 7.45. The minimum atomic E-state index is -3.75. The molecule has 6 nitrogen and oxygen atoms in total. The van der Waals surface area contributed by atoms with Crippen molar-refractivity contribution in [1.82, 2.24) is 9.21 Å². The molecule has 1 aliphatic heterocycles. The highest BCUT2D eigenvalue weighted by atomic mass is 35.5. The molecule has 29 heavy (non-hydrogen) atoms. The molecule has 0 unspecified atom stereocenters. The Hall–Kier alpha value is -2.09. The maximum Gasteiger partial charge on any atom is 0.253 e. The van der Waals surface area contributed by atoms with Crippen LogP contribution in [-0.4, -0.2) is 62.8 Å². The van der Waals surface area contributed by atoms with Gasteiger partial charge in [-0.2, -0.15) is 4.31 Å². The molecule has 0 saturated carbocycles. The van der Waals surface area contributed by atoms with Crippen molar-refractivity contribution >= 4 is 33.2 Å². The Morgan fingerprint density at radius 3 is 2.31 bits per heavy atom. The number of anilines is 1. The lowest BCUT2D eigenvalue weighted by molar-refractivity contribution is 0.0827. The van der Waals surface area contributed by atoms with Crippen molar-refractivity contribution in [3.63, 3.8) is 0 Å². The van der Waals surface area contributed by atoms with Gasteiger partial charge in [0.15, 0.2) is 0 Å². The van der Waals surface area contributed by atoms with Gasteiger partial charge in [-0.15, -0.1) is 0 Å². The highest BCUT2D eigenvalue weighted by Crippen LogP contribution is 2.31. The number of sulfonamides is 1. The molecule has 2 aromatic carbocycles. The second-order valence-electron chi connectivity index (χ2n) is 8.01. The minimum absolute atomic E-state index is 0.137. The number of nitrogens with zero attached hydrogens (tertiary/aromatic N) is 3. The van der Waals surface area contributed by atoms with E-state index in [1.165, 1.54) is 15.3 Å². The number of carbonyl (C=O) groups excluding carboxylic acids is 1. The van der Waals surface area contributed by atoms with E-state index in [2.05, 4.69) is 4.90 Å². The van der Waals surface area contributed by atoms with Crippen LogP contribution >= 0.6 is 11.6 Å². The monoisotopic (exact) mass is 435 g/mol. The van der Waals surface area contributed by atoms with Gasteiger partial charge < -0.3 is 9.80 Å². The van der Waals surface area contributed by atoms with Gasteiger partial charge in [-0.25, -0.2) is 8.42 Å². The van der Waals surface area contributed by atoms with Crippen LogP contribution < -0.4 is 4.90 Å². The summed E-state index contributed by atoms with van der Waals surface area (Å²) >= 11 is 5.98. The Morgan fingerprint density at radius 2 is 1.72 bits per heavy atom. The van der Waals surface area contributed by atoms with E-state index >= 15 is 0 Å². The molecule has 0 spiro atoms. The van der Waals surface area contributed by atoms with Crippen molar-refractivity contribution in [2.75, 3.05) is 38.6 Å². The van der Waals surface area contributed by atoms with Crippen LogP contribution in [0.5, 0.6) is 0 Å². The number of amides is 1. The predicted molar refractivity (Wildman–Crippen MR) is 116 cm³/mol. The van der Waals surface area contributed by atoms with Gasteiger partial charge in [-0.05, 0) is 56.3 Å². The van der Waals surface area contributed by atoms with E-state index in [1.807, 2.05) is 38.1 Å². The zero-order chi connectivity index (χ0) is 21.4. The van der Waals surface area contributed by atoms with Crippen molar-refractivity contribution in [3.05, 3.63) is 59.1 Å². The summed E-state index contributed by atoms with van der Waals surface area (Å²) in [6, 6.07) is 13.8. The third kappa shape index (κ3) is 4.42. The van der Waals surface area contributed by atoms with Crippen LogP contribution in [-0.2, 0) is 10.0 Å². The lowest BCUT2D eigenvalue weighted by Crippen LogP contribution is -2.61. The number of benzene rings is 2. The quantitative estimate of drug-likeness (QED) is 0.739. The summed E-state index contributed by atoms with van der Waals surface area (Å²) in [6.07, 6.45) is 0. The van der Waals surface area contributed by atoms with E-state index in [9.17, 15) is 13.2 Å². The van der Waals surface area contributed by atoms with E-state index in [-0.39, 0.29) is 10.8 Å². The molecule has 0 N–H and O–H groups in total. The van der Waals surface area contributed by atoms with Gasteiger partial charge in [-0.1, -0.05) is 17.7 Å². The fourth-order valence-corrected chi connectivity index (χ4v) is 5.57. The van der Waals surface area contributed by atoms with Gasteiger partial charge in [0.25, 0.3) is 5.91 Å². The molecule has 1 fully saturated rings.